The fourth-order valence-corrected chi connectivity index (χ4v) is 1.71. The summed E-state index contributed by atoms with van der Waals surface area (Å²) in [6, 6.07) is 13.1. The van der Waals surface area contributed by atoms with Gasteiger partial charge in [0.1, 0.15) is 11.5 Å². The normalized spacial score (nSPS) is 9.83. The molecule has 18 heavy (non-hydrogen) atoms. The number of nitrogen functional groups attached to an aromatic ring is 1. The fourth-order valence-electron chi connectivity index (χ4n) is 1.71. The third-order valence-corrected chi connectivity index (χ3v) is 2.69. The zero-order valence-corrected chi connectivity index (χ0v) is 10.4. The summed E-state index contributed by atoms with van der Waals surface area (Å²) in [5.74, 6) is 1.35. The lowest BCUT2D eigenvalue weighted by atomic mass is 10.1. The van der Waals surface area contributed by atoms with Crippen LogP contribution >= 0.6 is 0 Å². The van der Waals surface area contributed by atoms with Gasteiger partial charge < -0.3 is 10.5 Å². The van der Waals surface area contributed by atoms with E-state index < -0.39 is 0 Å². The lowest BCUT2D eigenvalue weighted by molar-refractivity contribution is 0.481. The first-order valence-electron chi connectivity index (χ1n) is 5.65. The van der Waals surface area contributed by atoms with Crippen molar-refractivity contribution in [3.8, 4) is 17.6 Å². The van der Waals surface area contributed by atoms with E-state index in [-0.39, 0.29) is 0 Å². The SMILES string of the molecule is Cc1ccc(Oc2ccc(C#N)cc2C)c(N)c1. The monoisotopic (exact) mass is 238 g/mol. The summed E-state index contributed by atoms with van der Waals surface area (Å²) < 4.78 is 5.76. The van der Waals surface area contributed by atoms with Gasteiger partial charge in [-0.3, -0.25) is 0 Å². The lowest BCUT2D eigenvalue weighted by Crippen LogP contribution is -1.94. The molecule has 0 saturated carbocycles. The van der Waals surface area contributed by atoms with Crippen LogP contribution in [0, 0.1) is 25.2 Å². The average molecular weight is 238 g/mol. The molecular formula is C15H14N2O. The quantitative estimate of drug-likeness (QED) is 0.814. The number of benzene rings is 2. The fraction of sp³-hybridized carbons (Fsp3) is 0.133. The van der Waals surface area contributed by atoms with Crippen LogP contribution in [0.5, 0.6) is 11.5 Å². The van der Waals surface area contributed by atoms with E-state index >= 15 is 0 Å². The van der Waals surface area contributed by atoms with Crippen LogP contribution in [-0.4, -0.2) is 0 Å². The Labute approximate surface area is 106 Å². The molecule has 3 nitrogen and oxygen atoms in total. The molecule has 0 aliphatic heterocycles. The van der Waals surface area contributed by atoms with Crippen molar-refractivity contribution in [1.82, 2.24) is 0 Å². The Morgan fingerprint density at radius 2 is 1.78 bits per heavy atom. The molecule has 0 spiro atoms. The molecule has 0 fully saturated rings. The first-order chi connectivity index (χ1) is 8.60. The minimum absolute atomic E-state index is 0.610. The molecule has 0 bridgehead atoms. The number of aryl methyl sites for hydroxylation is 2. The molecule has 3 heteroatoms. The Balaban J connectivity index is 2.32. The topological polar surface area (TPSA) is 59.0 Å². The highest BCUT2D eigenvalue weighted by Gasteiger charge is 2.05. The molecule has 0 aliphatic rings. The second-order valence-corrected chi connectivity index (χ2v) is 4.24. The number of hydrogen-bond donors (Lipinski definition) is 1. The summed E-state index contributed by atoms with van der Waals surface area (Å²) >= 11 is 0. The van der Waals surface area contributed by atoms with E-state index in [1.54, 1.807) is 18.2 Å². The summed E-state index contributed by atoms with van der Waals surface area (Å²) in [5, 5.41) is 8.81. The summed E-state index contributed by atoms with van der Waals surface area (Å²) in [4.78, 5) is 0. The van der Waals surface area contributed by atoms with E-state index in [1.807, 2.05) is 32.0 Å². The van der Waals surface area contributed by atoms with E-state index in [9.17, 15) is 0 Å². The summed E-state index contributed by atoms with van der Waals surface area (Å²) in [6.45, 7) is 3.88. The van der Waals surface area contributed by atoms with Crippen molar-refractivity contribution in [1.29, 1.82) is 5.26 Å². The maximum Gasteiger partial charge on any atom is 0.150 e. The molecule has 0 heterocycles. The summed E-state index contributed by atoms with van der Waals surface area (Å²) in [6.07, 6.45) is 0. The smallest absolute Gasteiger partial charge is 0.150 e. The number of nitrogens with two attached hydrogens (primary N) is 1. The molecule has 0 amide bonds. The highest BCUT2D eigenvalue weighted by molar-refractivity contribution is 5.56. The molecule has 0 saturated heterocycles. The number of rotatable bonds is 2. The number of anilines is 1. The van der Waals surface area contributed by atoms with Gasteiger partial charge in [-0.15, -0.1) is 0 Å². The van der Waals surface area contributed by atoms with Gasteiger partial charge in [-0.25, -0.2) is 0 Å². The third-order valence-electron chi connectivity index (χ3n) is 2.69. The van der Waals surface area contributed by atoms with E-state index in [1.165, 1.54) is 0 Å². The van der Waals surface area contributed by atoms with Crippen LogP contribution in [0.3, 0.4) is 0 Å². The Morgan fingerprint density at radius 1 is 1.06 bits per heavy atom. The highest BCUT2D eigenvalue weighted by Crippen LogP contribution is 2.30. The molecule has 2 rings (SSSR count). The average Bonchev–Trinajstić information content (AvgIpc) is 2.34. The third kappa shape index (κ3) is 2.44. The number of nitrogens with zero attached hydrogens (tertiary/aromatic N) is 1. The standard InChI is InChI=1S/C15H14N2O/c1-10-3-5-15(13(17)7-10)18-14-6-4-12(9-16)8-11(14)2/h3-8H,17H2,1-2H3. The van der Waals surface area contributed by atoms with Crippen LogP contribution in [0.1, 0.15) is 16.7 Å². The van der Waals surface area contributed by atoms with Gasteiger partial charge in [0, 0.05) is 0 Å². The van der Waals surface area contributed by atoms with Crippen LogP contribution < -0.4 is 10.5 Å². The minimum Gasteiger partial charge on any atom is -0.455 e. The van der Waals surface area contributed by atoms with Crippen molar-refractivity contribution in [3.63, 3.8) is 0 Å². The molecule has 2 N–H and O–H groups in total. The van der Waals surface area contributed by atoms with Crippen LogP contribution in [0.4, 0.5) is 5.69 Å². The van der Waals surface area contributed by atoms with Gasteiger partial charge in [-0.2, -0.15) is 5.26 Å². The number of ether oxygens (including phenoxy) is 1. The van der Waals surface area contributed by atoms with Gasteiger partial charge in [0.15, 0.2) is 0 Å². The Hall–Kier alpha value is -2.47. The van der Waals surface area contributed by atoms with Gasteiger partial charge in [0.25, 0.3) is 0 Å². The second-order valence-electron chi connectivity index (χ2n) is 4.24. The van der Waals surface area contributed by atoms with Crippen LogP contribution in [-0.2, 0) is 0 Å². The van der Waals surface area contributed by atoms with Crippen molar-refractivity contribution in [2.24, 2.45) is 0 Å². The van der Waals surface area contributed by atoms with Gasteiger partial charge in [0.2, 0.25) is 0 Å². The van der Waals surface area contributed by atoms with E-state index in [0.717, 1.165) is 11.1 Å². The van der Waals surface area contributed by atoms with Crippen molar-refractivity contribution >= 4 is 5.69 Å². The molecular weight excluding hydrogens is 224 g/mol. The molecule has 0 aliphatic carbocycles. The second kappa shape index (κ2) is 4.80. The van der Waals surface area contributed by atoms with Crippen molar-refractivity contribution < 1.29 is 4.74 Å². The van der Waals surface area contributed by atoms with Gasteiger partial charge in [-0.1, -0.05) is 6.07 Å². The minimum atomic E-state index is 0.610. The number of nitriles is 1. The van der Waals surface area contributed by atoms with Crippen LogP contribution in [0.2, 0.25) is 0 Å². The molecule has 2 aromatic carbocycles. The first kappa shape index (κ1) is 12.0. The zero-order valence-electron chi connectivity index (χ0n) is 10.4. The van der Waals surface area contributed by atoms with E-state index in [2.05, 4.69) is 6.07 Å². The molecule has 2 aromatic rings. The highest BCUT2D eigenvalue weighted by atomic mass is 16.5. The maximum atomic E-state index is 8.81. The maximum absolute atomic E-state index is 8.81. The van der Waals surface area contributed by atoms with Gasteiger partial charge in [-0.05, 0) is 55.3 Å². The number of hydrogen-bond acceptors (Lipinski definition) is 3. The molecule has 0 atom stereocenters. The lowest BCUT2D eigenvalue weighted by Gasteiger charge is -2.11. The Morgan fingerprint density at radius 3 is 2.39 bits per heavy atom. The summed E-state index contributed by atoms with van der Waals surface area (Å²) in [7, 11) is 0. The Bertz CT molecular complexity index is 627. The first-order valence-corrected chi connectivity index (χ1v) is 5.65. The molecule has 0 aromatic heterocycles. The predicted molar refractivity (Wildman–Crippen MR) is 71.6 cm³/mol. The van der Waals surface area contributed by atoms with Crippen molar-refractivity contribution in [2.45, 2.75) is 13.8 Å². The van der Waals surface area contributed by atoms with Gasteiger partial charge >= 0.3 is 0 Å². The molecule has 0 radical (unpaired) electrons. The molecule has 0 unspecified atom stereocenters. The van der Waals surface area contributed by atoms with Crippen molar-refractivity contribution in [2.75, 3.05) is 5.73 Å². The van der Waals surface area contributed by atoms with E-state index in [4.69, 9.17) is 15.7 Å². The van der Waals surface area contributed by atoms with E-state index in [0.29, 0.717) is 22.7 Å². The Kier molecular flexibility index (Phi) is 3.20. The van der Waals surface area contributed by atoms with Crippen LogP contribution in [0.25, 0.3) is 0 Å². The van der Waals surface area contributed by atoms with Crippen molar-refractivity contribution in [3.05, 3.63) is 53.1 Å². The molecule has 90 valence electrons. The largest absolute Gasteiger partial charge is 0.455 e. The van der Waals surface area contributed by atoms with Gasteiger partial charge in [0.05, 0.1) is 17.3 Å². The van der Waals surface area contributed by atoms with Crippen LogP contribution in [0.15, 0.2) is 36.4 Å². The predicted octanol–water partition coefficient (Wildman–Crippen LogP) is 3.55. The zero-order chi connectivity index (χ0) is 13.1. The summed E-state index contributed by atoms with van der Waals surface area (Å²) in [5.41, 5.74) is 9.13.